The maximum Gasteiger partial charge on any atom is 0.243 e. The minimum Gasteiger partial charge on any atom is -0.350 e. The topological polar surface area (TPSA) is 85.6 Å². The number of fused-ring (bicyclic) bond motifs is 1. The number of nitrogens with zero attached hydrogens (tertiary/aromatic N) is 5. The van der Waals surface area contributed by atoms with Crippen LogP contribution < -0.4 is 5.32 Å². The number of nitrogens with one attached hydrogen (secondary N) is 1. The summed E-state index contributed by atoms with van der Waals surface area (Å²) >= 11 is 0. The molecule has 0 radical (unpaired) electrons. The number of benzene rings is 1. The molecule has 28 heavy (non-hydrogen) atoms. The summed E-state index contributed by atoms with van der Waals surface area (Å²) in [7, 11) is 0. The van der Waals surface area contributed by atoms with Crippen molar-refractivity contribution >= 4 is 5.91 Å². The number of aromatic nitrogens is 5. The van der Waals surface area contributed by atoms with Crippen LogP contribution in [0.4, 0.5) is 8.78 Å². The highest BCUT2D eigenvalue weighted by molar-refractivity contribution is 5.81. The number of hydrogen-bond donors (Lipinski definition) is 1. The Morgan fingerprint density at radius 1 is 1.14 bits per heavy atom. The first-order valence-corrected chi connectivity index (χ1v) is 9.04. The molecule has 0 aliphatic carbocycles. The molecule has 0 bridgehead atoms. The third kappa shape index (κ3) is 3.73. The highest BCUT2D eigenvalue weighted by atomic mass is 19.1. The number of aryl methyl sites for hydroxylation is 1. The van der Waals surface area contributed by atoms with Gasteiger partial charge in [-0.1, -0.05) is 6.42 Å². The minimum absolute atomic E-state index is 0.0297. The Bertz CT molecular complexity index is 971. The first-order chi connectivity index (χ1) is 13.6. The highest BCUT2D eigenvalue weighted by Gasteiger charge is 2.29. The molecule has 1 aliphatic heterocycles. The smallest absolute Gasteiger partial charge is 0.243 e. The van der Waals surface area contributed by atoms with E-state index in [1.165, 1.54) is 12.1 Å². The van der Waals surface area contributed by atoms with Crippen molar-refractivity contribution in [2.45, 2.75) is 38.3 Å². The number of amides is 1. The zero-order chi connectivity index (χ0) is 19.5. The van der Waals surface area contributed by atoms with Crippen LogP contribution in [0.2, 0.25) is 0 Å². The summed E-state index contributed by atoms with van der Waals surface area (Å²) in [5, 5.41) is 11.2. The Kier molecular flexibility index (Phi) is 5.05. The molecule has 1 aliphatic rings. The average Bonchev–Trinajstić information content (AvgIpc) is 2.98. The van der Waals surface area contributed by atoms with Gasteiger partial charge in [-0.3, -0.25) is 14.3 Å². The lowest BCUT2D eigenvalue weighted by atomic mass is 10.1. The monoisotopic (exact) mass is 384 g/mol. The molecule has 144 valence electrons. The second kappa shape index (κ2) is 7.79. The van der Waals surface area contributed by atoms with Crippen molar-refractivity contribution < 1.29 is 13.6 Å². The molecule has 1 unspecified atom stereocenters. The fourth-order valence-corrected chi connectivity index (χ4v) is 3.43. The second-order valence-corrected chi connectivity index (χ2v) is 6.66. The lowest BCUT2D eigenvalue weighted by molar-refractivity contribution is -0.124. The molecular weight excluding hydrogens is 366 g/mol. The van der Waals surface area contributed by atoms with E-state index in [1.54, 1.807) is 23.2 Å². The van der Waals surface area contributed by atoms with E-state index in [9.17, 15) is 13.6 Å². The predicted molar refractivity (Wildman–Crippen MR) is 95.8 cm³/mol. The van der Waals surface area contributed by atoms with E-state index < -0.39 is 17.7 Å². The molecular formula is C19H18F2N6O. The fraction of sp³-hybridized carbons (Fsp3) is 0.316. The molecule has 0 fully saturated rings. The normalized spacial score (nSPS) is 16.3. The predicted octanol–water partition coefficient (Wildman–Crippen LogP) is 2.60. The summed E-state index contributed by atoms with van der Waals surface area (Å²) in [6, 6.07) is 2.67. The zero-order valence-electron chi connectivity index (χ0n) is 15.0. The number of rotatable bonds is 4. The Morgan fingerprint density at radius 2 is 1.96 bits per heavy atom. The van der Waals surface area contributed by atoms with E-state index in [1.807, 2.05) is 0 Å². The molecule has 2 aromatic heterocycles. The second-order valence-electron chi connectivity index (χ2n) is 6.66. The fourth-order valence-electron chi connectivity index (χ4n) is 3.43. The Hall–Kier alpha value is -3.23. The van der Waals surface area contributed by atoms with Gasteiger partial charge in [-0.25, -0.2) is 13.8 Å². The zero-order valence-corrected chi connectivity index (χ0v) is 15.0. The molecule has 0 spiro atoms. The van der Waals surface area contributed by atoms with E-state index in [0.717, 1.165) is 24.7 Å². The summed E-state index contributed by atoms with van der Waals surface area (Å²) in [5.41, 5.74) is 0.894. The molecule has 3 aromatic rings. The van der Waals surface area contributed by atoms with Crippen molar-refractivity contribution in [1.82, 2.24) is 30.0 Å². The number of carbonyl (C=O) groups is 1. The van der Waals surface area contributed by atoms with Crippen molar-refractivity contribution in [3.8, 4) is 11.5 Å². The molecule has 1 amide bonds. The van der Waals surface area contributed by atoms with E-state index in [2.05, 4.69) is 25.5 Å². The maximum atomic E-state index is 13.4. The van der Waals surface area contributed by atoms with Gasteiger partial charge in [0.05, 0.1) is 6.20 Å². The van der Waals surface area contributed by atoms with Crippen molar-refractivity contribution in [3.63, 3.8) is 0 Å². The standard InChI is InChI=1S/C19H18F2N6O/c20-13-7-12(8-14(21)9-13)10-24-19(28)16-3-1-2-4-17-25-26-18(27(16)17)15-11-22-5-6-23-15/h5-9,11,16H,1-4,10H2,(H,24,28). The van der Waals surface area contributed by atoms with Gasteiger partial charge in [0, 0.05) is 31.4 Å². The van der Waals surface area contributed by atoms with Crippen LogP contribution >= 0.6 is 0 Å². The van der Waals surface area contributed by atoms with E-state index in [-0.39, 0.29) is 12.5 Å². The van der Waals surface area contributed by atoms with Gasteiger partial charge < -0.3 is 5.32 Å². The van der Waals surface area contributed by atoms with Gasteiger partial charge >= 0.3 is 0 Å². The molecule has 1 atom stereocenters. The van der Waals surface area contributed by atoms with Gasteiger partial charge in [0.1, 0.15) is 29.2 Å². The van der Waals surface area contributed by atoms with Crippen molar-refractivity contribution in [2.75, 3.05) is 0 Å². The van der Waals surface area contributed by atoms with E-state index >= 15 is 0 Å². The quantitative estimate of drug-likeness (QED) is 0.747. The Morgan fingerprint density at radius 3 is 2.71 bits per heavy atom. The lowest BCUT2D eigenvalue weighted by Crippen LogP contribution is -2.33. The van der Waals surface area contributed by atoms with Gasteiger partial charge in [-0.2, -0.15) is 0 Å². The summed E-state index contributed by atoms with van der Waals surface area (Å²) in [6.07, 6.45) is 7.78. The number of halogens is 2. The minimum atomic E-state index is -0.676. The van der Waals surface area contributed by atoms with Crippen LogP contribution in [0.3, 0.4) is 0 Å². The van der Waals surface area contributed by atoms with Crippen LogP contribution in [-0.2, 0) is 17.8 Å². The third-order valence-electron chi connectivity index (χ3n) is 4.69. The molecule has 4 rings (SSSR count). The molecule has 7 nitrogen and oxygen atoms in total. The number of hydrogen-bond acceptors (Lipinski definition) is 5. The van der Waals surface area contributed by atoms with Crippen LogP contribution in [0.15, 0.2) is 36.8 Å². The summed E-state index contributed by atoms with van der Waals surface area (Å²) in [5.74, 6) is -0.399. The first-order valence-electron chi connectivity index (χ1n) is 9.04. The lowest BCUT2D eigenvalue weighted by Gasteiger charge is -2.19. The van der Waals surface area contributed by atoms with E-state index in [0.29, 0.717) is 29.9 Å². The summed E-state index contributed by atoms with van der Waals surface area (Å²) in [6.45, 7) is 0.0297. The van der Waals surface area contributed by atoms with Crippen LogP contribution in [-0.4, -0.2) is 30.6 Å². The SMILES string of the molecule is O=C(NCc1cc(F)cc(F)c1)C1CCCCc2nnc(-c3cnccn3)n21. The third-order valence-corrected chi connectivity index (χ3v) is 4.69. The van der Waals surface area contributed by atoms with Gasteiger partial charge in [0.15, 0.2) is 5.82 Å². The van der Waals surface area contributed by atoms with Crippen molar-refractivity contribution in [3.05, 3.63) is 59.8 Å². The largest absolute Gasteiger partial charge is 0.350 e. The maximum absolute atomic E-state index is 13.4. The van der Waals surface area contributed by atoms with Gasteiger partial charge in [0.25, 0.3) is 0 Å². The molecule has 1 N–H and O–H groups in total. The molecule has 0 saturated heterocycles. The van der Waals surface area contributed by atoms with E-state index in [4.69, 9.17) is 0 Å². The Balaban J connectivity index is 1.60. The highest BCUT2D eigenvalue weighted by Crippen LogP contribution is 2.28. The van der Waals surface area contributed by atoms with Crippen LogP contribution in [0.25, 0.3) is 11.5 Å². The van der Waals surface area contributed by atoms with Crippen molar-refractivity contribution in [1.29, 1.82) is 0 Å². The molecule has 9 heteroatoms. The number of carbonyl (C=O) groups excluding carboxylic acids is 1. The van der Waals surface area contributed by atoms with Gasteiger partial charge in [-0.05, 0) is 30.5 Å². The van der Waals surface area contributed by atoms with Crippen molar-refractivity contribution in [2.24, 2.45) is 0 Å². The molecule has 0 saturated carbocycles. The Labute approximate surface area is 159 Å². The van der Waals surface area contributed by atoms with Crippen LogP contribution in [0.5, 0.6) is 0 Å². The first kappa shape index (κ1) is 18.1. The van der Waals surface area contributed by atoms with Crippen LogP contribution in [0, 0.1) is 11.6 Å². The summed E-state index contributed by atoms with van der Waals surface area (Å²) < 4.78 is 28.5. The average molecular weight is 384 g/mol. The molecule has 1 aromatic carbocycles. The summed E-state index contributed by atoms with van der Waals surface area (Å²) in [4.78, 5) is 21.3. The van der Waals surface area contributed by atoms with Gasteiger partial charge in [0.2, 0.25) is 5.91 Å². The molecule has 3 heterocycles. The van der Waals surface area contributed by atoms with Crippen LogP contribution in [0.1, 0.15) is 36.7 Å². The van der Waals surface area contributed by atoms with Gasteiger partial charge in [-0.15, -0.1) is 10.2 Å².